The zero-order chi connectivity index (χ0) is 15.5. The van der Waals surface area contributed by atoms with Gasteiger partial charge in [0.25, 0.3) is 0 Å². The molecule has 0 amide bonds. The molecule has 1 aromatic rings. The molecule has 0 spiro atoms. The van der Waals surface area contributed by atoms with Crippen molar-refractivity contribution in [3.8, 4) is 0 Å². The minimum absolute atomic E-state index is 0.241. The van der Waals surface area contributed by atoms with E-state index in [0.717, 1.165) is 24.8 Å². The Kier molecular flexibility index (Phi) is 7.87. The molecular weight excluding hydrogens is 268 g/mol. The van der Waals surface area contributed by atoms with Gasteiger partial charge in [0, 0.05) is 6.92 Å². The molecule has 0 atom stereocenters. The lowest BCUT2D eigenvalue weighted by molar-refractivity contribution is -0.141. The van der Waals surface area contributed by atoms with Crippen LogP contribution >= 0.6 is 0 Å². The first-order valence-electron chi connectivity index (χ1n) is 7.11. The molecule has 1 rings (SSSR count). The number of unbranched alkanes of at least 4 members (excludes halogenated alkanes) is 2. The lowest BCUT2D eigenvalue weighted by atomic mass is 10.2. The molecule has 0 aliphatic heterocycles. The number of rotatable bonds is 8. The van der Waals surface area contributed by atoms with E-state index >= 15 is 0 Å². The molecule has 0 unspecified atom stereocenters. The Balaban J connectivity index is 2.18. The van der Waals surface area contributed by atoms with Gasteiger partial charge in [-0.1, -0.05) is 24.3 Å². The minimum atomic E-state index is -0.307. The van der Waals surface area contributed by atoms with Crippen molar-refractivity contribution < 1.29 is 19.1 Å². The van der Waals surface area contributed by atoms with Gasteiger partial charge in [0.15, 0.2) is 0 Å². The molecule has 0 radical (unpaired) electrons. The minimum Gasteiger partial charge on any atom is -0.466 e. The quantitative estimate of drug-likeness (QED) is 0.417. The van der Waals surface area contributed by atoms with Crippen LogP contribution < -0.4 is 0 Å². The van der Waals surface area contributed by atoms with Crippen molar-refractivity contribution in [2.24, 2.45) is 0 Å². The lowest BCUT2D eigenvalue weighted by Crippen LogP contribution is -2.06. The number of esters is 2. The highest BCUT2D eigenvalue weighted by atomic mass is 16.5. The second-order valence-electron chi connectivity index (χ2n) is 4.83. The maximum Gasteiger partial charge on any atom is 0.338 e. The van der Waals surface area contributed by atoms with Crippen LogP contribution in [0.15, 0.2) is 42.0 Å². The highest BCUT2D eigenvalue weighted by molar-refractivity contribution is 5.89. The molecule has 114 valence electrons. The fourth-order valence-electron chi connectivity index (χ4n) is 1.71. The van der Waals surface area contributed by atoms with Crippen LogP contribution in [0.25, 0.3) is 0 Å². The molecular formula is C17H22O4. The van der Waals surface area contributed by atoms with Crippen molar-refractivity contribution >= 4 is 11.9 Å². The van der Waals surface area contributed by atoms with Gasteiger partial charge in [-0.25, -0.2) is 4.79 Å². The number of carbonyl (C=O) groups is 2. The van der Waals surface area contributed by atoms with Crippen LogP contribution in [-0.4, -0.2) is 25.2 Å². The van der Waals surface area contributed by atoms with Crippen molar-refractivity contribution in [3.05, 3.63) is 47.5 Å². The van der Waals surface area contributed by atoms with E-state index in [2.05, 4.69) is 0 Å². The SMILES string of the molecule is CC(=O)OCCCC/C=C(\C)COC(=O)c1ccccc1. The molecule has 1 aromatic carbocycles. The van der Waals surface area contributed by atoms with Crippen molar-refractivity contribution in [3.63, 3.8) is 0 Å². The molecule has 0 fully saturated rings. The predicted molar refractivity (Wildman–Crippen MR) is 81.0 cm³/mol. The van der Waals surface area contributed by atoms with E-state index in [9.17, 15) is 9.59 Å². The van der Waals surface area contributed by atoms with Gasteiger partial charge in [-0.05, 0) is 43.9 Å². The fraction of sp³-hybridized carbons (Fsp3) is 0.412. The summed E-state index contributed by atoms with van der Waals surface area (Å²) in [5.74, 6) is -0.548. The van der Waals surface area contributed by atoms with E-state index in [1.807, 2.05) is 31.2 Å². The summed E-state index contributed by atoms with van der Waals surface area (Å²) in [5, 5.41) is 0. The summed E-state index contributed by atoms with van der Waals surface area (Å²) in [6.45, 7) is 4.11. The van der Waals surface area contributed by atoms with Crippen LogP contribution in [0.4, 0.5) is 0 Å². The molecule has 0 heterocycles. The monoisotopic (exact) mass is 290 g/mol. The molecule has 0 aromatic heterocycles. The van der Waals surface area contributed by atoms with Gasteiger partial charge < -0.3 is 9.47 Å². The number of carbonyl (C=O) groups excluding carboxylic acids is 2. The lowest BCUT2D eigenvalue weighted by Gasteiger charge is -2.05. The summed E-state index contributed by atoms with van der Waals surface area (Å²) in [7, 11) is 0. The normalized spacial score (nSPS) is 11.0. The maximum atomic E-state index is 11.7. The van der Waals surface area contributed by atoms with E-state index < -0.39 is 0 Å². The smallest absolute Gasteiger partial charge is 0.338 e. The molecule has 0 aliphatic carbocycles. The molecule has 4 heteroatoms. The van der Waals surface area contributed by atoms with Crippen molar-refractivity contribution in [1.82, 2.24) is 0 Å². The first kappa shape index (κ1) is 17.0. The highest BCUT2D eigenvalue weighted by Crippen LogP contribution is 2.05. The van der Waals surface area contributed by atoms with Crippen LogP contribution in [0.3, 0.4) is 0 Å². The van der Waals surface area contributed by atoms with E-state index in [4.69, 9.17) is 9.47 Å². The van der Waals surface area contributed by atoms with E-state index in [0.29, 0.717) is 18.8 Å². The van der Waals surface area contributed by atoms with E-state index in [-0.39, 0.29) is 11.9 Å². The largest absolute Gasteiger partial charge is 0.466 e. The third kappa shape index (κ3) is 7.92. The average Bonchev–Trinajstić information content (AvgIpc) is 2.49. The highest BCUT2D eigenvalue weighted by Gasteiger charge is 2.05. The summed E-state index contributed by atoms with van der Waals surface area (Å²) in [6, 6.07) is 8.94. The molecule has 0 saturated heterocycles. The van der Waals surface area contributed by atoms with Gasteiger partial charge in [0.05, 0.1) is 12.2 Å². The second kappa shape index (κ2) is 9.75. The van der Waals surface area contributed by atoms with Gasteiger partial charge in [0.1, 0.15) is 6.61 Å². The van der Waals surface area contributed by atoms with E-state index in [1.54, 1.807) is 12.1 Å². The Morgan fingerprint density at radius 1 is 1.05 bits per heavy atom. The summed E-state index contributed by atoms with van der Waals surface area (Å²) >= 11 is 0. The number of hydrogen-bond donors (Lipinski definition) is 0. The third-order valence-corrected chi connectivity index (χ3v) is 2.84. The van der Waals surface area contributed by atoms with Crippen molar-refractivity contribution in [2.45, 2.75) is 33.1 Å². The Morgan fingerprint density at radius 3 is 2.43 bits per heavy atom. The zero-order valence-electron chi connectivity index (χ0n) is 12.6. The Hall–Kier alpha value is -2.10. The van der Waals surface area contributed by atoms with Gasteiger partial charge in [-0.2, -0.15) is 0 Å². The van der Waals surface area contributed by atoms with Gasteiger partial charge in [-0.3, -0.25) is 4.79 Å². The number of allylic oxidation sites excluding steroid dienone is 1. The van der Waals surface area contributed by atoms with Crippen molar-refractivity contribution in [2.75, 3.05) is 13.2 Å². The molecule has 0 N–H and O–H groups in total. The van der Waals surface area contributed by atoms with Crippen molar-refractivity contribution in [1.29, 1.82) is 0 Å². The molecule has 4 nitrogen and oxygen atoms in total. The third-order valence-electron chi connectivity index (χ3n) is 2.84. The Bertz CT molecular complexity index is 477. The summed E-state index contributed by atoms with van der Waals surface area (Å²) in [6.07, 6.45) is 4.71. The average molecular weight is 290 g/mol. The number of benzene rings is 1. The molecule has 0 aliphatic rings. The fourth-order valence-corrected chi connectivity index (χ4v) is 1.71. The van der Waals surface area contributed by atoms with E-state index in [1.165, 1.54) is 6.92 Å². The summed E-state index contributed by atoms with van der Waals surface area (Å²) < 4.78 is 10.1. The van der Waals surface area contributed by atoms with Crippen LogP contribution in [-0.2, 0) is 14.3 Å². The first-order valence-corrected chi connectivity index (χ1v) is 7.11. The van der Waals surface area contributed by atoms with Crippen LogP contribution in [0, 0.1) is 0 Å². The van der Waals surface area contributed by atoms with Crippen LogP contribution in [0.1, 0.15) is 43.5 Å². The molecule has 21 heavy (non-hydrogen) atoms. The van der Waals surface area contributed by atoms with Gasteiger partial charge in [-0.15, -0.1) is 0 Å². The second-order valence-corrected chi connectivity index (χ2v) is 4.83. The van der Waals surface area contributed by atoms with Gasteiger partial charge >= 0.3 is 11.9 Å². The molecule has 0 bridgehead atoms. The number of hydrogen-bond acceptors (Lipinski definition) is 4. The molecule has 0 saturated carbocycles. The first-order chi connectivity index (χ1) is 10.1. The maximum absolute atomic E-state index is 11.7. The topological polar surface area (TPSA) is 52.6 Å². The number of ether oxygens (including phenoxy) is 2. The summed E-state index contributed by atoms with van der Waals surface area (Å²) in [4.78, 5) is 22.3. The Morgan fingerprint density at radius 2 is 1.76 bits per heavy atom. The van der Waals surface area contributed by atoms with Gasteiger partial charge in [0.2, 0.25) is 0 Å². The van der Waals surface area contributed by atoms with Crippen LogP contribution in [0.2, 0.25) is 0 Å². The predicted octanol–water partition coefficient (Wildman–Crippen LogP) is 3.52. The standard InChI is InChI=1S/C17H22O4/c1-14(9-5-4-8-12-20-15(2)18)13-21-17(19)16-10-6-3-7-11-16/h3,6-7,9-11H,4-5,8,12-13H2,1-2H3/b14-9+. The summed E-state index contributed by atoms with van der Waals surface area (Å²) in [5.41, 5.74) is 1.58. The van der Waals surface area contributed by atoms with Crippen LogP contribution in [0.5, 0.6) is 0 Å². The Labute approximate surface area is 125 Å². The zero-order valence-corrected chi connectivity index (χ0v) is 12.6.